The highest BCUT2D eigenvalue weighted by molar-refractivity contribution is 6.06. The van der Waals surface area contributed by atoms with E-state index in [-0.39, 0.29) is 11.6 Å². The Hall–Kier alpha value is -1.44. The molecule has 0 aliphatic rings. The topological polar surface area (TPSA) is 34.1 Å². The van der Waals surface area contributed by atoms with E-state index in [1.54, 1.807) is 0 Å². The quantitative estimate of drug-likeness (QED) is 0.709. The van der Waals surface area contributed by atoms with Gasteiger partial charge in [-0.25, -0.2) is 0 Å². The van der Waals surface area contributed by atoms with Crippen molar-refractivity contribution in [2.24, 2.45) is 0 Å². The van der Waals surface area contributed by atoms with E-state index < -0.39 is 5.92 Å². The summed E-state index contributed by atoms with van der Waals surface area (Å²) in [6.07, 6.45) is 0. The molecular formula is C13H16O2. The van der Waals surface area contributed by atoms with Crippen LogP contribution in [-0.2, 0) is 9.59 Å². The lowest BCUT2D eigenvalue weighted by molar-refractivity contribution is -0.126. The Balaban J connectivity index is 3.35. The first-order chi connectivity index (χ1) is 6.95. The first kappa shape index (κ1) is 11.6. The Morgan fingerprint density at radius 2 is 1.40 bits per heavy atom. The van der Waals surface area contributed by atoms with E-state index in [1.165, 1.54) is 13.8 Å². The second kappa shape index (κ2) is 4.39. The fourth-order valence-corrected chi connectivity index (χ4v) is 1.98. The first-order valence-corrected chi connectivity index (χ1v) is 5.02. The summed E-state index contributed by atoms with van der Waals surface area (Å²) in [4.78, 5) is 22.9. The summed E-state index contributed by atoms with van der Waals surface area (Å²) in [5.74, 6) is -0.758. The lowest BCUT2D eigenvalue weighted by Crippen LogP contribution is -2.19. The Morgan fingerprint density at radius 3 is 1.73 bits per heavy atom. The number of Topliss-reactive ketones (excluding diaryl/α,β-unsaturated/α-hetero) is 2. The molecule has 1 rings (SSSR count). The Kier molecular flexibility index (Phi) is 3.40. The van der Waals surface area contributed by atoms with Crippen molar-refractivity contribution in [3.05, 3.63) is 34.9 Å². The molecule has 1 aromatic carbocycles. The van der Waals surface area contributed by atoms with Gasteiger partial charge in [0.25, 0.3) is 0 Å². The zero-order valence-corrected chi connectivity index (χ0v) is 9.63. The zero-order chi connectivity index (χ0) is 11.6. The number of carbonyl (C=O) groups is 2. The molecule has 0 saturated heterocycles. The minimum absolute atomic E-state index is 0.0834. The molecular weight excluding hydrogens is 188 g/mol. The van der Waals surface area contributed by atoms with E-state index in [9.17, 15) is 9.59 Å². The molecule has 15 heavy (non-hydrogen) atoms. The average Bonchev–Trinajstić information content (AvgIpc) is 2.09. The Bertz CT molecular complexity index is 371. The molecule has 0 saturated carbocycles. The summed E-state index contributed by atoms with van der Waals surface area (Å²) in [5, 5.41) is 0. The molecule has 2 nitrogen and oxygen atoms in total. The van der Waals surface area contributed by atoms with Crippen LogP contribution in [0.15, 0.2) is 18.2 Å². The standard InChI is InChI=1S/C13H16O2/c1-8-6-5-7-9(2)12(8)13(10(3)14)11(4)15/h5-7,13H,1-4H3. The van der Waals surface area contributed by atoms with Crippen LogP contribution in [0.5, 0.6) is 0 Å². The largest absolute Gasteiger partial charge is 0.299 e. The number of ketones is 2. The molecule has 0 fully saturated rings. The first-order valence-electron chi connectivity index (χ1n) is 5.02. The number of rotatable bonds is 3. The SMILES string of the molecule is CC(=O)C(C(C)=O)c1c(C)cccc1C. The van der Waals surface area contributed by atoms with Crippen molar-refractivity contribution in [2.45, 2.75) is 33.6 Å². The highest BCUT2D eigenvalue weighted by atomic mass is 16.1. The summed E-state index contributed by atoms with van der Waals surface area (Å²) in [6.45, 7) is 6.80. The zero-order valence-electron chi connectivity index (χ0n) is 9.63. The van der Waals surface area contributed by atoms with E-state index in [0.29, 0.717) is 0 Å². The van der Waals surface area contributed by atoms with Crippen molar-refractivity contribution >= 4 is 11.6 Å². The van der Waals surface area contributed by atoms with E-state index in [0.717, 1.165) is 16.7 Å². The van der Waals surface area contributed by atoms with Gasteiger partial charge in [0.05, 0.1) is 0 Å². The van der Waals surface area contributed by atoms with Crippen LogP contribution in [0.3, 0.4) is 0 Å². The molecule has 0 N–H and O–H groups in total. The predicted molar refractivity (Wildman–Crippen MR) is 60.0 cm³/mol. The molecule has 0 aliphatic carbocycles. The maximum absolute atomic E-state index is 11.5. The fraction of sp³-hybridized carbons (Fsp3) is 0.385. The monoisotopic (exact) mass is 204 g/mol. The lowest BCUT2D eigenvalue weighted by atomic mass is 9.86. The molecule has 0 spiro atoms. The summed E-state index contributed by atoms with van der Waals surface area (Å²) in [5.41, 5.74) is 2.88. The van der Waals surface area contributed by atoms with Crippen LogP contribution in [0.25, 0.3) is 0 Å². The van der Waals surface area contributed by atoms with Crippen molar-refractivity contribution in [2.75, 3.05) is 0 Å². The molecule has 0 amide bonds. The van der Waals surface area contributed by atoms with E-state index in [2.05, 4.69) is 0 Å². The third kappa shape index (κ3) is 2.32. The molecule has 0 atom stereocenters. The van der Waals surface area contributed by atoms with Gasteiger partial charge in [0, 0.05) is 0 Å². The minimum atomic E-state index is -0.591. The van der Waals surface area contributed by atoms with Crippen LogP contribution in [0.2, 0.25) is 0 Å². The molecule has 80 valence electrons. The normalized spacial score (nSPS) is 10.5. The third-order valence-electron chi connectivity index (χ3n) is 2.64. The van der Waals surface area contributed by atoms with Crippen molar-refractivity contribution in [1.82, 2.24) is 0 Å². The van der Waals surface area contributed by atoms with Crippen LogP contribution < -0.4 is 0 Å². The molecule has 0 aliphatic heterocycles. The van der Waals surface area contributed by atoms with E-state index in [4.69, 9.17) is 0 Å². The number of hydrogen-bond donors (Lipinski definition) is 0. The van der Waals surface area contributed by atoms with Gasteiger partial charge in [0.2, 0.25) is 0 Å². The highest BCUT2D eigenvalue weighted by Crippen LogP contribution is 2.25. The second-order valence-corrected chi connectivity index (χ2v) is 3.96. The van der Waals surface area contributed by atoms with Crippen molar-refractivity contribution in [3.63, 3.8) is 0 Å². The Labute approximate surface area is 90.3 Å². The fourth-order valence-electron chi connectivity index (χ4n) is 1.98. The van der Waals surface area contributed by atoms with Gasteiger partial charge >= 0.3 is 0 Å². The summed E-state index contributed by atoms with van der Waals surface area (Å²) in [6, 6.07) is 5.80. The average molecular weight is 204 g/mol. The summed E-state index contributed by atoms with van der Waals surface area (Å²) >= 11 is 0. The van der Waals surface area contributed by atoms with Gasteiger partial charge in [-0.2, -0.15) is 0 Å². The maximum atomic E-state index is 11.5. The van der Waals surface area contributed by atoms with Crippen molar-refractivity contribution in [1.29, 1.82) is 0 Å². The minimum Gasteiger partial charge on any atom is -0.299 e. The van der Waals surface area contributed by atoms with Gasteiger partial charge in [-0.15, -0.1) is 0 Å². The maximum Gasteiger partial charge on any atom is 0.144 e. The molecule has 0 bridgehead atoms. The number of carbonyl (C=O) groups excluding carboxylic acids is 2. The van der Waals surface area contributed by atoms with E-state index >= 15 is 0 Å². The smallest absolute Gasteiger partial charge is 0.144 e. The summed E-state index contributed by atoms with van der Waals surface area (Å²) < 4.78 is 0. The Morgan fingerprint density at radius 1 is 1.00 bits per heavy atom. The molecule has 0 heterocycles. The van der Waals surface area contributed by atoms with Gasteiger partial charge in [-0.3, -0.25) is 9.59 Å². The molecule has 0 unspecified atom stereocenters. The predicted octanol–water partition coefficient (Wildman–Crippen LogP) is 2.57. The highest BCUT2D eigenvalue weighted by Gasteiger charge is 2.24. The molecule has 2 heteroatoms. The van der Waals surface area contributed by atoms with Crippen LogP contribution >= 0.6 is 0 Å². The van der Waals surface area contributed by atoms with Gasteiger partial charge in [-0.05, 0) is 44.4 Å². The van der Waals surface area contributed by atoms with Crippen molar-refractivity contribution < 1.29 is 9.59 Å². The van der Waals surface area contributed by atoms with Crippen LogP contribution in [0, 0.1) is 13.8 Å². The van der Waals surface area contributed by atoms with Gasteiger partial charge in [0.15, 0.2) is 0 Å². The molecule has 0 aromatic heterocycles. The van der Waals surface area contributed by atoms with Gasteiger partial charge < -0.3 is 0 Å². The van der Waals surface area contributed by atoms with Gasteiger partial charge in [-0.1, -0.05) is 18.2 Å². The number of aryl methyl sites for hydroxylation is 2. The lowest BCUT2D eigenvalue weighted by Gasteiger charge is -2.16. The van der Waals surface area contributed by atoms with E-state index in [1.807, 2.05) is 32.0 Å². The molecule has 0 radical (unpaired) electrons. The third-order valence-corrected chi connectivity index (χ3v) is 2.64. The summed E-state index contributed by atoms with van der Waals surface area (Å²) in [7, 11) is 0. The van der Waals surface area contributed by atoms with Crippen LogP contribution in [0.1, 0.15) is 36.5 Å². The van der Waals surface area contributed by atoms with Crippen LogP contribution in [-0.4, -0.2) is 11.6 Å². The second-order valence-electron chi connectivity index (χ2n) is 3.96. The van der Waals surface area contributed by atoms with Gasteiger partial charge in [0.1, 0.15) is 17.5 Å². The van der Waals surface area contributed by atoms with Crippen molar-refractivity contribution in [3.8, 4) is 0 Å². The molecule has 1 aromatic rings. The van der Waals surface area contributed by atoms with Crippen LogP contribution in [0.4, 0.5) is 0 Å². The number of hydrogen-bond acceptors (Lipinski definition) is 2. The number of benzene rings is 1.